The van der Waals surface area contributed by atoms with Crippen molar-refractivity contribution in [2.45, 2.75) is 220 Å². The number of fused-ring (bicyclic) bond motifs is 2. The summed E-state index contributed by atoms with van der Waals surface area (Å²) < 4.78 is 235. The predicted molar refractivity (Wildman–Crippen MR) is 483 cm³/mol. The summed E-state index contributed by atoms with van der Waals surface area (Å²) in [7, 11) is 5.21. The Balaban J connectivity index is 0.000000221. The van der Waals surface area contributed by atoms with Crippen molar-refractivity contribution < 1.29 is 104 Å². The van der Waals surface area contributed by atoms with Crippen LogP contribution < -0.4 is 37.8 Å². The van der Waals surface area contributed by atoms with Gasteiger partial charge in [0.25, 0.3) is 0 Å². The number of alkyl halides is 12. The van der Waals surface area contributed by atoms with Crippen LogP contribution in [0.5, 0.6) is 23.0 Å². The molecule has 122 heavy (non-hydrogen) atoms. The van der Waals surface area contributed by atoms with E-state index in [-0.39, 0.29) is 131 Å². The van der Waals surface area contributed by atoms with E-state index in [9.17, 15) is 30.7 Å². The van der Waals surface area contributed by atoms with Crippen molar-refractivity contribution in [2.75, 3.05) is 28.4 Å². The Kier molecular flexibility index (Phi) is 28.6. The maximum atomic E-state index is 16.9. The summed E-state index contributed by atoms with van der Waals surface area (Å²) in [4.78, 5) is 7.31. The van der Waals surface area contributed by atoms with Gasteiger partial charge >= 0.3 is 54.4 Å². The van der Waals surface area contributed by atoms with E-state index in [0.29, 0.717) is 14.6 Å². The molecule has 12 aromatic rings. The molecule has 0 saturated carbocycles. The first-order chi connectivity index (χ1) is 55.4. The first-order valence-corrected chi connectivity index (χ1v) is 44.5. The molecule has 0 radical (unpaired) electrons. The van der Waals surface area contributed by atoms with Crippen molar-refractivity contribution in [2.24, 2.45) is 0 Å². The van der Waals surface area contributed by atoms with E-state index in [1.807, 2.05) is 140 Å². The van der Waals surface area contributed by atoms with E-state index in [2.05, 4.69) is 100 Å². The zero-order valence-corrected chi connectivity index (χ0v) is 78.5. The first-order valence-electron chi connectivity index (χ1n) is 38.5. The quantitative estimate of drug-likeness (QED) is 0.0614. The number of furan rings is 2. The zero-order valence-electron chi connectivity index (χ0n) is 72.0. The molecule has 652 valence electrons. The molecule has 0 spiro atoms. The number of rotatable bonds is 14. The van der Waals surface area contributed by atoms with E-state index < -0.39 is 75.0 Å². The maximum absolute atomic E-state index is 16.9. The molecule has 27 heteroatoms. The molecule has 2 aliphatic rings. The van der Waals surface area contributed by atoms with Crippen LogP contribution in [0, 0.1) is 6.92 Å². The fraction of sp³-hybridized carbons (Fsp3) is 0.400. The van der Waals surface area contributed by atoms with Crippen LogP contribution in [0.3, 0.4) is 0 Å². The summed E-state index contributed by atoms with van der Waals surface area (Å²) >= 11 is 13.1. The smallest absolute Gasteiger partial charge is 0.493 e. The second kappa shape index (κ2) is 35.3. The molecule has 0 N–H and O–H groups in total. The maximum Gasteiger partial charge on any atom is 1.00 e. The molecule has 14 rings (SSSR count). The van der Waals surface area contributed by atoms with Gasteiger partial charge in [-0.3, -0.25) is 0 Å². The van der Waals surface area contributed by atoms with Gasteiger partial charge in [0.15, 0.2) is 28.8 Å². The third-order valence-electron chi connectivity index (χ3n) is 21.0. The number of hydrogen-bond donors (Lipinski definition) is 0. The minimum absolute atomic E-state index is 0. The molecule has 2 aliphatic carbocycles. The molecule has 0 saturated heterocycles. The van der Waals surface area contributed by atoms with Crippen molar-refractivity contribution in [3.8, 4) is 84.7 Å². The van der Waals surface area contributed by atoms with Gasteiger partial charge in [0, 0.05) is 95.6 Å². The van der Waals surface area contributed by atoms with Crippen LogP contribution in [-0.2, 0) is 32.5 Å². The van der Waals surface area contributed by atoms with Gasteiger partial charge in [-0.15, -0.1) is 68.0 Å². The van der Waals surface area contributed by atoms with Gasteiger partial charge in [0.1, 0.15) is 22.7 Å². The summed E-state index contributed by atoms with van der Waals surface area (Å²) in [6, 6.07) is 30.1. The van der Waals surface area contributed by atoms with Crippen LogP contribution in [0.25, 0.3) is 100 Å². The van der Waals surface area contributed by atoms with Crippen molar-refractivity contribution in [3.63, 3.8) is 0 Å². The average molecular weight is 1870 g/mol. The van der Waals surface area contributed by atoms with Crippen LogP contribution in [-0.4, -0.2) is 64.0 Å². The monoisotopic (exact) mass is 1860 g/mol. The Morgan fingerprint density at radius 1 is 0.377 bits per heavy atom. The Morgan fingerprint density at radius 3 is 1.00 bits per heavy atom. The molecule has 6 nitrogen and oxygen atoms in total. The fourth-order valence-corrected chi connectivity index (χ4v) is 21.6. The van der Waals surface area contributed by atoms with Gasteiger partial charge in [-0.25, -0.2) is 4.39 Å². The normalized spacial score (nSPS) is 16.0. The van der Waals surface area contributed by atoms with Crippen LogP contribution in [0.4, 0.5) is 57.1 Å². The third kappa shape index (κ3) is 18.3. The van der Waals surface area contributed by atoms with Gasteiger partial charge in [0.05, 0.1) is 43.8 Å². The summed E-state index contributed by atoms with van der Waals surface area (Å²) in [5.74, 6) is -37.1. The van der Waals surface area contributed by atoms with E-state index >= 15 is 26.3 Å². The van der Waals surface area contributed by atoms with Gasteiger partial charge in [-0.2, -0.15) is 59.1 Å². The predicted octanol–water partition coefficient (Wildman–Crippen LogP) is 31.2. The van der Waals surface area contributed by atoms with Crippen molar-refractivity contribution in [3.05, 3.63) is 198 Å². The Labute approximate surface area is 751 Å². The Hall–Kier alpha value is -6.99. The van der Waals surface area contributed by atoms with Crippen LogP contribution in [0.1, 0.15) is 202 Å². The molecule has 0 fully saturated rings. The van der Waals surface area contributed by atoms with Crippen molar-refractivity contribution >= 4 is 123 Å². The minimum Gasteiger partial charge on any atom is -0.493 e. The topological polar surface area (TPSA) is 63.2 Å². The summed E-state index contributed by atoms with van der Waals surface area (Å²) in [5.41, 5.74) is -1.10. The number of ether oxygens (including phenoxy) is 4. The number of hydrogen-bond acceptors (Lipinski definition) is 12. The number of methoxy groups -OCH3 is 4. The van der Waals surface area contributed by atoms with E-state index in [4.69, 9.17) is 27.8 Å². The number of allylic oxidation sites excluding steroid dienone is 4. The zero-order chi connectivity index (χ0) is 89.1. The Bertz CT molecular complexity index is 5820. The molecule has 0 amide bonds. The van der Waals surface area contributed by atoms with Gasteiger partial charge in [-0.05, 0) is 152 Å². The van der Waals surface area contributed by atoms with E-state index in [0.717, 1.165) is 46.1 Å². The van der Waals surface area contributed by atoms with Gasteiger partial charge in [-0.1, -0.05) is 194 Å². The first kappa shape index (κ1) is 98.8. The van der Waals surface area contributed by atoms with E-state index in [1.54, 1.807) is 36.4 Å². The SMILES string of the molecule is C.CC(C)(C)c1csc(-c2cc(Br)c(-c3cc(C(C)(C)C)cs3)s2)c1.COc1cc2oc(-c3ccc(C(C)(C)C)cc3)c(C3=C(F)C(F)(F)C(F)(F)C3(F)F)c2cc1OC.COc1cc2oc(-c3ccc(C(C)(C)C)cc3)c(C3=C(c4cc(-c5cc(C(C)(C)C)cs5)sc4-c4cc(C(C)(C)C)cs4)C(F)(F)C(F)(F)C3(F)F)c2cc1OC.[CH2-]CCC.[Li+]. The molecule has 8 heterocycles. The number of thiophene rings is 6. The summed E-state index contributed by atoms with van der Waals surface area (Å²) in [6.07, 6.45) is 2.28. The Morgan fingerprint density at radius 2 is 0.672 bits per heavy atom. The molecule has 8 aromatic heterocycles. The average Bonchev–Trinajstić information content (AvgIpc) is 1.53. The van der Waals surface area contributed by atoms with Crippen LogP contribution >= 0.6 is 84.0 Å². The second-order valence-corrected chi connectivity index (χ2v) is 42.5. The number of unbranched alkanes of at least 4 members (excludes halogenated alkanes) is 1. The molecule has 0 unspecified atom stereocenters. The summed E-state index contributed by atoms with van der Waals surface area (Å²) in [5, 5.41) is 8.01. The standard InChI is InChI=1S/C45H44F6O3S3.C25H21F7O3.C20H23BrS3.C4H9.CH4.Li/c1-40(2,3)24-14-12-23(13-15-24)38-35(27-18-30(52-10)31(53-11)20-29(27)54-38)37-36(43(46,47)45(50,51)44(37,48)49)28-19-33(32-16-25(21-55-32)41(4,5)6)57-39(28)34-17-26(22-56-34)42(7,8)9;1-22(2,3)13-8-6-12(7-9-13)20-18(14-10-16(33-4)17(34-5)11-15(14)35-20)19-21(26)24(29,30)25(31,32)23(19,27)28;1-19(2,3)12-7-15(22-10-12)16-9-14(21)18(24-16)17-8-13(11-23-17)20(4,5)6;1-3-4-2;;/h12-22H,1-11H3;6-11H,1-5H3;7-11H,1-6H3;1,3-4H2,2H3;1H4;/q;;;-1;;+1. The fourth-order valence-electron chi connectivity index (χ4n) is 13.4. The molecule has 4 aromatic carbocycles. The third-order valence-corrected chi connectivity index (χ3v) is 28.6. The van der Waals surface area contributed by atoms with Gasteiger partial charge < -0.3 is 34.7 Å². The van der Waals surface area contributed by atoms with Crippen LogP contribution in [0.2, 0.25) is 0 Å². The van der Waals surface area contributed by atoms with Crippen LogP contribution in [0.15, 0.2) is 150 Å². The van der Waals surface area contributed by atoms with Crippen molar-refractivity contribution in [1.29, 1.82) is 0 Å². The minimum atomic E-state index is -5.99. The molecular weight excluding hydrogens is 1760 g/mol. The van der Waals surface area contributed by atoms with Gasteiger partial charge in [0.2, 0.25) is 0 Å². The molecule has 0 atom stereocenters. The van der Waals surface area contributed by atoms with Crippen molar-refractivity contribution in [1.82, 2.24) is 0 Å². The summed E-state index contributed by atoms with van der Waals surface area (Å²) in [6.45, 7) is 43.2. The second-order valence-electron chi connectivity index (χ2n) is 35.9. The molecule has 0 aliphatic heterocycles. The molecular formula is C95H101BrF13LiO6S6. The molecule has 0 bridgehead atoms. The number of benzene rings is 4. The largest absolute Gasteiger partial charge is 1.00 e. The number of halogens is 14. The van der Waals surface area contributed by atoms with E-state index in [1.165, 1.54) is 129 Å².